The van der Waals surface area contributed by atoms with Crippen LogP contribution < -0.4 is 10.6 Å². The van der Waals surface area contributed by atoms with Crippen molar-refractivity contribution < 1.29 is 4.42 Å². The number of benzene rings is 1. The van der Waals surface area contributed by atoms with Crippen molar-refractivity contribution in [1.82, 2.24) is 10.6 Å². The van der Waals surface area contributed by atoms with Crippen LogP contribution in [0, 0.1) is 0 Å². The molecule has 2 N–H and O–H groups in total. The zero-order chi connectivity index (χ0) is 14.5. The van der Waals surface area contributed by atoms with Gasteiger partial charge in [0.1, 0.15) is 17.9 Å². The second kappa shape index (κ2) is 6.66. The lowest BCUT2D eigenvalue weighted by atomic mass is 10.2. The van der Waals surface area contributed by atoms with E-state index >= 15 is 0 Å². The van der Waals surface area contributed by atoms with Crippen molar-refractivity contribution in [2.24, 2.45) is 4.99 Å². The van der Waals surface area contributed by atoms with Crippen LogP contribution >= 0.6 is 0 Å². The van der Waals surface area contributed by atoms with E-state index in [1.165, 1.54) is 25.7 Å². The van der Waals surface area contributed by atoms with E-state index in [1.54, 1.807) is 0 Å². The molecule has 21 heavy (non-hydrogen) atoms. The Morgan fingerprint density at radius 3 is 2.86 bits per heavy atom. The molecule has 1 aliphatic rings. The van der Waals surface area contributed by atoms with Crippen LogP contribution in [0.2, 0.25) is 0 Å². The first-order chi connectivity index (χ1) is 10.3. The minimum Gasteiger partial charge on any atom is -0.459 e. The molecule has 0 spiro atoms. The monoisotopic (exact) mass is 285 g/mol. The third-order valence-corrected chi connectivity index (χ3v) is 3.91. The van der Waals surface area contributed by atoms with E-state index in [-0.39, 0.29) is 0 Å². The Kier molecular flexibility index (Phi) is 4.43. The van der Waals surface area contributed by atoms with Crippen LogP contribution in [0.4, 0.5) is 0 Å². The average Bonchev–Trinajstić information content (AvgIpc) is 3.13. The topological polar surface area (TPSA) is 49.6 Å². The van der Waals surface area contributed by atoms with E-state index in [4.69, 9.17) is 4.42 Å². The van der Waals surface area contributed by atoms with E-state index < -0.39 is 0 Å². The van der Waals surface area contributed by atoms with Gasteiger partial charge in [0.25, 0.3) is 0 Å². The molecule has 0 unspecified atom stereocenters. The van der Waals surface area contributed by atoms with Crippen LogP contribution in [0.25, 0.3) is 11.0 Å². The number of rotatable bonds is 4. The van der Waals surface area contributed by atoms with Crippen molar-refractivity contribution in [1.29, 1.82) is 0 Å². The Hall–Kier alpha value is -1.97. The van der Waals surface area contributed by atoms with Crippen molar-refractivity contribution in [3.8, 4) is 0 Å². The lowest BCUT2D eigenvalue weighted by molar-refractivity contribution is 0.549. The Balaban J connectivity index is 1.68. The predicted molar refractivity (Wildman–Crippen MR) is 86.4 cm³/mol. The number of furan rings is 1. The Morgan fingerprint density at radius 2 is 2.10 bits per heavy atom. The minimum absolute atomic E-state index is 0.566. The van der Waals surface area contributed by atoms with Crippen LogP contribution in [-0.4, -0.2) is 18.5 Å². The van der Waals surface area contributed by atoms with E-state index in [9.17, 15) is 0 Å². The van der Waals surface area contributed by atoms with Gasteiger partial charge in [0.15, 0.2) is 5.96 Å². The van der Waals surface area contributed by atoms with Crippen LogP contribution in [-0.2, 0) is 6.54 Å². The zero-order valence-electron chi connectivity index (χ0n) is 12.6. The van der Waals surface area contributed by atoms with Gasteiger partial charge in [-0.25, -0.2) is 4.99 Å². The Bertz CT molecular complexity index is 578. The molecule has 1 aliphatic carbocycles. The maximum atomic E-state index is 5.80. The normalized spacial score (nSPS) is 16.5. The van der Waals surface area contributed by atoms with Crippen LogP contribution in [0.5, 0.6) is 0 Å². The quantitative estimate of drug-likeness (QED) is 0.668. The highest BCUT2D eigenvalue weighted by molar-refractivity contribution is 5.80. The van der Waals surface area contributed by atoms with Gasteiger partial charge < -0.3 is 15.1 Å². The second-order valence-electron chi connectivity index (χ2n) is 5.57. The third kappa shape index (κ3) is 3.57. The molecule has 0 saturated heterocycles. The predicted octanol–water partition coefficient (Wildman–Crippen LogP) is 3.43. The molecule has 0 bridgehead atoms. The summed E-state index contributed by atoms with van der Waals surface area (Å²) in [5.41, 5.74) is 0.927. The van der Waals surface area contributed by atoms with Gasteiger partial charge in [-0.05, 0) is 31.9 Å². The van der Waals surface area contributed by atoms with Crippen LogP contribution in [0.3, 0.4) is 0 Å². The Labute approximate surface area is 125 Å². The third-order valence-electron chi connectivity index (χ3n) is 3.91. The summed E-state index contributed by atoms with van der Waals surface area (Å²) in [6.07, 6.45) is 5.13. The molecule has 1 aromatic carbocycles. The highest BCUT2D eigenvalue weighted by Gasteiger charge is 2.15. The number of para-hydroxylation sites is 1. The van der Waals surface area contributed by atoms with E-state index in [0.29, 0.717) is 12.6 Å². The SMILES string of the molecule is CCNC(=NCc1cc2ccccc2o1)NC1CCCC1. The summed E-state index contributed by atoms with van der Waals surface area (Å²) >= 11 is 0. The molecule has 1 heterocycles. The van der Waals surface area contributed by atoms with Crippen LogP contribution in [0.1, 0.15) is 38.4 Å². The molecule has 4 nitrogen and oxygen atoms in total. The lowest BCUT2D eigenvalue weighted by Crippen LogP contribution is -2.42. The standard InChI is InChI=1S/C17H23N3O/c1-2-18-17(20-14-8-4-5-9-14)19-12-15-11-13-7-3-6-10-16(13)21-15/h3,6-7,10-11,14H,2,4-5,8-9,12H2,1H3,(H2,18,19,20). The number of guanidine groups is 1. The number of nitrogens with zero attached hydrogens (tertiary/aromatic N) is 1. The summed E-state index contributed by atoms with van der Waals surface area (Å²) in [5.74, 6) is 1.80. The Morgan fingerprint density at radius 1 is 1.29 bits per heavy atom. The summed E-state index contributed by atoms with van der Waals surface area (Å²) in [6, 6.07) is 10.7. The molecule has 0 atom stereocenters. The molecule has 1 aromatic heterocycles. The summed E-state index contributed by atoms with van der Waals surface area (Å²) < 4.78 is 5.80. The fourth-order valence-corrected chi connectivity index (χ4v) is 2.86. The summed E-state index contributed by atoms with van der Waals surface area (Å²) in [4.78, 5) is 4.64. The molecule has 3 rings (SSSR count). The van der Waals surface area contributed by atoms with Gasteiger partial charge in [-0.15, -0.1) is 0 Å². The zero-order valence-corrected chi connectivity index (χ0v) is 12.6. The maximum Gasteiger partial charge on any atom is 0.191 e. The largest absolute Gasteiger partial charge is 0.459 e. The lowest BCUT2D eigenvalue weighted by Gasteiger charge is -2.16. The van der Waals surface area contributed by atoms with Crippen LogP contribution in [0.15, 0.2) is 39.7 Å². The molecule has 0 amide bonds. The first-order valence-corrected chi connectivity index (χ1v) is 7.87. The van der Waals surface area contributed by atoms with Gasteiger partial charge >= 0.3 is 0 Å². The molecule has 112 valence electrons. The summed E-state index contributed by atoms with van der Waals surface area (Å²) in [7, 11) is 0. The number of hydrogen-bond acceptors (Lipinski definition) is 2. The number of nitrogens with one attached hydrogen (secondary N) is 2. The number of aliphatic imine (C=N–C) groups is 1. The smallest absolute Gasteiger partial charge is 0.191 e. The van der Waals surface area contributed by atoms with Gasteiger partial charge in [0, 0.05) is 18.0 Å². The van der Waals surface area contributed by atoms with Gasteiger partial charge in [-0.3, -0.25) is 0 Å². The molecule has 0 aliphatic heterocycles. The summed E-state index contributed by atoms with van der Waals surface area (Å²) in [6.45, 7) is 3.53. The number of fused-ring (bicyclic) bond motifs is 1. The van der Waals surface area contributed by atoms with Gasteiger partial charge in [0.05, 0.1) is 0 Å². The first kappa shape index (κ1) is 14.0. The molecule has 4 heteroatoms. The van der Waals surface area contributed by atoms with Crippen molar-refractivity contribution in [3.05, 3.63) is 36.1 Å². The van der Waals surface area contributed by atoms with E-state index in [0.717, 1.165) is 29.2 Å². The van der Waals surface area contributed by atoms with Crippen molar-refractivity contribution >= 4 is 16.9 Å². The summed E-state index contributed by atoms with van der Waals surface area (Å²) in [5, 5.41) is 7.96. The maximum absolute atomic E-state index is 5.80. The van der Waals surface area contributed by atoms with Crippen molar-refractivity contribution in [2.45, 2.75) is 45.2 Å². The second-order valence-corrected chi connectivity index (χ2v) is 5.57. The van der Waals surface area contributed by atoms with E-state index in [2.05, 4.69) is 34.7 Å². The minimum atomic E-state index is 0.566. The molecule has 0 radical (unpaired) electrons. The number of hydrogen-bond donors (Lipinski definition) is 2. The fraction of sp³-hybridized carbons (Fsp3) is 0.471. The molecule has 2 aromatic rings. The first-order valence-electron chi connectivity index (χ1n) is 7.87. The highest BCUT2D eigenvalue weighted by Crippen LogP contribution is 2.20. The van der Waals surface area contributed by atoms with E-state index in [1.807, 2.05) is 18.2 Å². The molecule has 1 fully saturated rings. The van der Waals surface area contributed by atoms with Crippen molar-refractivity contribution in [3.63, 3.8) is 0 Å². The molecule has 1 saturated carbocycles. The average molecular weight is 285 g/mol. The fourth-order valence-electron chi connectivity index (χ4n) is 2.86. The van der Waals surface area contributed by atoms with Crippen molar-refractivity contribution in [2.75, 3.05) is 6.54 Å². The molecular formula is C17H23N3O. The highest BCUT2D eigenvalue weighted by atomic mass is 16.3. The van der Waals surface area contributed by atoms with Gasteiger partial charge in [-0.2, -0.15) is 0 Å². The van der Waals surface area contributed by atoms with Gasteiger partial charge in [-0.1, -0.05) is 31.0 Å². The van der Waals surface area contributed by atoms with Gasteiger partial charge in [0.2, 0.25) is 0 Å². The molecular weight excluding hydrogens is 262 g/mol.